The van der Waals surface area contributed by atoms with E-state index in [1.54, 1.807) is 0 Å². The first kappa shape index (κ1) is 10.8. The van der Waals surface area contributed by atoms with Crippen molar-refractivity contribution in [2.24, 2.45) is 0 Å². The fourth-order valence-corrected chi connectivity index (χ4v) is 2.76. The van der Waals surface area contributed by atoms with E-state index in [0.29, 0.717) is 5.92 Å². The molecule has 0 fully saturated rings. The average Bonchev–Trinajstić information content (AvgIpc) is 2.27. The van der Waals surface area contributed by atoms with Crippen LogP contribution in [-0.2, 0) is 0 Å². The predicted octanol–water partition coefficient (Wildman–Crippen LogP) is 2.69. The molecule has 0 spiro atoms. The lowest BCUT2D eigenvalue weighted by molar-refractivity contribution is 0.282. The van der Waals surface area contributed by atoms with Crippen molar-refractivity contribution < 1.29 is 5.11 Å². The van der Waals surface area contributed by atoms with Crippen LogP contribution >= 0.6 is 11.8 Å². The number of aliphatic hydroxyl groups is 1. The summed E-state index contributed by atoms with van der Waals surface area (Å²) in [5.74, 6) is 1.52. The molecule has 1 aliphatic rings. The molecule has 0 radical (unpaired) electrons. The molecule has 2 nitrogen and oxygen atoms in total. The summed E-state index contributed by atoms with van der Waals surface area (Å²) in [5.41, 5.74) is 2.54. The Morgan fingerprint density at radius 3 is 3.00 bits per heavy atom. The summed E-state index contributed by atoms with van der Waals surface area (Å²) in [4.78, 5) is 1.31. The molecule has 0 aliphatic carbocycles. The van der Waals surface area contributed by atoms with Gasteiger partial charge in [0.15, 0.2) is 0 Å². The number of rotatable bonds is 2. The Morgan fingerprint density at radius 2 is 2.33 bits per heavy atom. The van der Waals surface area contributed by atoms with Crippen molar-refractivity contribution in [2.45, 2.75) is 30.7 Å². The van der Waals surface area contributed by atoms with Crippen molar-refractivity contribution >= 4 is 17.4 Å². The summed E-state index contributed by atoms with van der Waals surface area (Å²) in [5, 5.41) is 12.4. The maximum absolute atomic E-state index is 9.08. The first-order valence-corrected chi connectivity index (χ1v) is 6.33. The molecule has 1 atom stereocenters. The quantitative estimate of drug-likeness (QED) is 0.808. The lowest BCUT2D eigenvalue weighted by Gasteiger charge is -2.25. The first-order valence-electron chi connectivity index (χ1n) is 5.35. The Bertz CT molecular complexity index is 351. The largest absolute Gasteiger partial charge is 0.394 e. The van der Waals surface area contributed by atoms with E-state index in [0.717, 1.165) is 11.4 Å². The minimum Gasteiger partial charge on any atom is -0.394 e. The summed E-state index contributed by atoms with van der Waals surface area (Å²) < 4.78 is 0. The SMILES string of the molecule is CC(C)c1ccc2c(c1)SCC(CO)N2. The van der Waals surface area contributed by atoms with Gasteiger partial charge in [0.1, 0.15) is 0 Å². The zero-order valence-corrected chi connectivity index (χ0v) is 9.97. The topological polar surface area (TPSA) is 32.3 Å². The van der Waals surface area contributed by atoms with E-state index < -0.39 is 0 Å². The van der Waals surface area contributed by atoms with Crippen molar-refractivity contribution in [1.29, 1.82) is 0 Å². The van der Waals surface area contributed by atoms with E-state index in [-0.39, 0.29) is 12.6 Å². The standard InChI is InChI=1S/C12H17NOS/c1-8(2)9-3-4-11-12(5-9)15-7-10(6-14)13-11/h3-5,8,10,13-14H,6-7H2,1-2H3. The first-order chi connectivity index (χ1) is 7.20. The van der Waals surface area contributed by atoms with E-state index in [2.05, 4.69) is 37.4 Å². The van der Waals surface area contributed by atoms with E-state index in [4.69, 9.17) is 5.11 Å². The van der Waals surface area contributed by atoms with Gasteiger partial charge in [0.05, 0.1) is 12.6 Å². The fourth-order valence-electron chi connectivity index (χ4n) is 1.69. The van der Waals surface area contributed by atoms with Gasteiger partial charge in [-0.05, 0) is 23.6 Å². The molecule has 3 heteroatoms. The maximum Gasteiger partial charge on any atom is 0.0641 e. The summed E-state index contributed by atoms with van der Waals surface area (Å²) in [6.07, 6.45) is 0. The van der Waals surface area contributed by atoms with Gasteiger partial charge in [-0.3, -0.25) is 0 Å². The molecule has 1 aromatic carbocycles. The molecular weight excluding hydrogens is 206 g/mol. The number of hydrogen-bond donors (Lipinski definition) is 2. The van der Waals surface area contributed by atoms with Crippen molar-refractivity contribution in [3.8, 4) is 0 Å². The number of nitrogens with one attached hydrogen (secondary N) is 1. The van der Waals surface area contributed by atoms with Gasteiger partial charge in [0, 0.05) is 16.3 Å². The molecular formula is C12H17NOS. The Kier molecular flexibility index (Phi) is 3.22. The lowest BCUT2D eigenvalue weighted by Crippen LogP contribution is -2.29. The van der Waals surface area contributed by atoms with Crippen LogP contribution < -0.4 is 5.32 Å². The third-order valence-electron chi connectivity index (χ3n) is 2.69. The molecule has 1 unspecified atom stereocenters. The van der Waals surface area contributed by atoms with Crippen LogP contribution in [0.2, 0.25) is 0 Å². The van der Waals surface area contributed by atoms with Crippen molar-refractivity contribution in [2.75, 3.05) is 17.7 Å². The Balaban J connectivity index is 2.24. The highest BCUT2D eigenvalue weighted by atomic mass is 32.2. The summed E-state index contributed by atoms with van der Waals surface area (Å²) in [7, 11) is 0. The van der Waals surface area contributed by atoms with E-state index in [9.17, 15) is 0 Å². The number of hydrogen-bond acceptors (Lipinski definition) is 3. The predicted molar refractivity (Wildman–Crippen MR) is 65.8 cm³/mol. The second kappa shape index (κ2) is 4.45. The van der Waals surface area contributed by atoms with Crippen molar-refractivity contribution in [3.63, 3.8) is 0 Å². The van der Waals surface area contributed by atoms with E-state index in [1.807, 2.05) is 11.8 Å². The van der Waals surface area contributed by atoms with Gasteiger partial charge in [-0.1, -0.05) is 19.9 Å². The molecule has 2 rings (SSSR count). The van der Waals surface area contributed by atoms with Crippen LogP contribution in [-0.4, -0.2) is 23.5 Å². The zero-order valence-electron chi connectivity index (χ0n) is 9.16. The average molecular weight is 223 g/mol. The number of fused-ring (bicyclic) bond motifs is 1. The van der Waals surface area contributed by atoms with Crippen molar-refractivity contribution in [3.05, 3.63) is 23.8 Å². The van der Waals surface area contributed by atoms with Crippen LogP contribution in [0.1, 0.15) is 25.3 Å². The molecule has 0 bridgehead atoms. The van der Waals surface area contributed by atoms with E-state index >= 15 is 0 Å². The van der Waals surface area contributed by atoms with Gasteiger partial charge in [-0.25, -0.2) is 0 Å². The van der Waals surface area contributed by atoms with Crippen LogP contribution in [0, 0.1) is 0 Å². The number of anilines is 1. The smallest absolute Gasteiger partial charge is 0.0641 e. The molecule has 0 amide bonds. The molecule has 2 N–H and O–H groups in total. The van der Waals surface area contributed by atoms with Gasteiger partial charge in [-0.2, -0.15) is 0 Å². The highest BCUT2D eigenvalue weighted by Gasteiger charge is 2.17. The molecule has 1 aliphatic heterocycles. The van der Waals surface area contributed by atoms with E-state index in [1.165, 1.54) is 10.5 Å². The van der Waals surface area contributed by atoms with Crippen molar-refractivity contribution in [1.82, 2.24) is 0 Å². The second-order valence-electron chi connectivity index (χ2n) is 4.25. The summed E-state index contributed by atoms with van der Waals surface area (Å²) in [6.45, 7) is 4.62. The van der Waals surface area contributed by atoms with Crippen LogP contribution in [0.5, 0.6) is 0 Å². The molecule has 1 aromatic rings. The molecule has 82 valence electrons. The third-order valence-corrected chi connectivity index (χ3v) is 3.91. The molecule has 0 aromatic heterocycles. The lowest BCUT2D eigenvalue weighted by atomic mass is 10.0. The fraction of sp³-hybridized carbons (Fsp3) is 0.500. The zero-order chi connectivity index (χ0) is 10.8. The van der Waals surface area contributed by atoms with Crippen LogP contribution in [0.25, 0.3) is 0 Å². The van der Waals surface area contributed by atoms with Gasteiger partial charge in [-0.15, -0.1) is 11.8 Å². The van der Waals surface area contributed by atoms with Gasteiger partial charge < -0.3 is 10.4 Å². The monoisotopic (exact) mass is 223 g/mol. The minimum atomic E-state index is 0.201. The minimum absolute atomic E-state index is 0.201. The number of aliphatic hydroxyl groups excluding tert-OH is 1. The van der Waals surface area contributed by atoms with Crippen LogP contribution in [0.3, 0.4) is 0 Å². The molecule has 1 heterocycles. The number of thioether (sulfide) groups is 1. The molecule has 0 saturated heterocycles. The third kappa shape index (κ3) is 2.29. The molecule has 0 saturated carbocycles. The molecule has 15 heavy (non-hydrogen) atoms. The highest BCUT2D eigenvalue weighted by Crippen LogP contribution is 2.35. The Morgan fingerprint density at radius 1 is 1.53 bits per heavy atom. The normalized spacial score (nSPS) is 19.9. The number of benzene rings is 1. The Hall–Kier alpha value is -0.670. The van der Waals surface area contributed by atoms with Crippen LogP contribution in [0.4, 0.5) is 5.69 Å². The van der Waals surface area contributed by atoms with Crippen LogP contribution in [0.15, 0.2) is 23.1 Å². The van der Waals surface area contributed by atoms with Gasteiger partial charge in [0.2, 0.25) is 0 Å². The second-order valence-corrected chi connectivity index (χ2v) is 5.31. The highest BCUT2D eigenvalue weighted by molar-refractivity contribution is 7.99. The maximum atomic E-state index is 9.08. The van der Waals surface area contributed by atoms with Gasteiger partial charge in [0.25, 0.3) is 0 Å². The summed E-state index contributed by atoms with van der Waals surface area (Å²) in [6, 6.07) is 6.74. The summed E-state index contributed by atoms with van der Waals surface area (Å²) >= 11 is 1.83. The Labute approximate surface area is 95.1 Å². The van der Waals surface area contributed by atoms with Gasteiger partial charge >= 0.3 is 0 Å².